The quantitative estimate of drug-likeness (QED) is 0.212. The minimum Gasteiger partial charge on any atom is -0.508 e. The first-order chi connectivity index (χ1) is 20.2. The molecule has 1 atom stereocenters. The average Bonchev–Trinajstić information content (AvgIpc) is 3.83. The van der Waals surface area contributed by atoms with Crippen molar-refractivity contribution in [2.45, 2.75) is 5.60 Å². The molecule has 0 bridgehead atoms. The molecule has 3 aromatic carbocycles. The van der Waals surface area contributed by atoms with Crippen LogP contribution in [-0.4, -0.2) is 5.11 Å². The molecule has 41 heavy (non-hydrogen) atoms. The van der Waals surface area contributed by atoms with Crippen LogP contribution in [0.3, 0.4) is 0 Å². The summed E-state index contributed by atoms with van der Waals surface area (Å²) in [7, 11) is 0. The van der Waals surface area contributed by atoms with Crippen molar-refractivity contribution in [3.05, 3.63) is 136 Å². The van der Waals surface area contributed by atoms with Crippen LogP contribution in [0.1, 0.15) is 16.0 Å². The third-order valence-electron chi connectivity index (χ3n) is 7.46. The van der Waals surface area contributed by atoms with E-state index in [1.165, 1.54) is 40.7 Å². The molecular weight excluding hydrogens is 581 g/mol. The summed E-state index contributed by atoms with van der Waals surface area (Å²) in [6.07, 6.45) is 4.38. The largest absolute Gasteiger partial charge is 0.508 e. The minimum absolute atomic E-state index is 0.240. The van der Waals surface area contributed by atoms with Crippen LogP contribution in [-0.2, 0) is 5.60 Å². The average molecular weight is 603 g/mol. The zero-order valence-electron chi connectivity index (χ0n) is 21.6. The molecule has 1 aliphatic heterocycles. The minimum atomic E-state index is -0.788. The summed E-state index contributed by atoms with van der Waals surface area (Å²) in [6.45, 7) is 0. The fourth-order valence-electron chi connectivity index (χ4n) is 5.43. The third-order valence-corrected chi connectivity index (χ3v) is 11.9. The lowest BCUT2D eigenvalue weighted by Gasteiger charge is -2.35. The van der Waals surface area contributed by atoms with Gasteiger partial charge in [0.25, 0.3) is 0 Å². The first-order valence-corrected chi connectivity index (χ1v) is 16.6. The fraction of sp³-hybridized carbons (Fsp3) is 0.0286. The number of aromatic hydroxyl groups is 1. The first kappa shape index (κ1) is 24.8. The van der Waals surface area contributed by atoms with Gasteiger partial charge in [0, 0.05) is 35.5 Å². The van der Waals surface area contributed by atoms with E-state index in [4.69, 9.17) is 4.74 Å². The van der Waals surface area contributed by atoms with Crippen LogP contribution in [0.5, 0.6) is 11.5 Å². The van der Waals surface area contributed by atoms with Crippen LogP contribution < -0.4 is 4.74 Å². The molecule has 2 nitrogen and oxygen atoms in total. The Morgan fingerprint density at radius 1 is 0.634 bits per heavy atom. The Hall–Kier alpha value is -3.94. The lowest BCUT2D eigenvalue weighted by atomic mass is 9.87. The Morgan fingerprint density at radius 3 is 2.12 bits per heavy atom. The van der Waals surface area contributed by atoms with Crippen molar-refractivity contribution in [2.75, 3.05) is 0 Å². The van der Waals surface area contributed by atoms with E-state index < -0.39 is 5.60 Å². The highest BCUT2D eigenvalue weighted by molar-refractivity contribution is 7.23. The summed E-state index contributed by atoms with van der Waals surface area (Å²) < 4.78 is 6.98. The summed E-state index contributed by atoms with van der Waals surface area (Å²) in [5.41, 5.74) is 2.50. The zero-order chi connectivity index (χ0) is 27.4. The van der Waals surface area contributed by atoms with Gasteiger partial charge in [-0.15, -0.1) is 45.3 Å². The van der Waals surface area contributed by atoms with Crippen LogP contribution in [0, 0.1) is 0 Å². The van der Waals surface area contributed by atoms with Gasteiger partial charge in [0.1, 0.15) is 11.5 Å². The van der Waals surface area contributed by atoms with E-state index >= 15 is 0 Å². The van der Waals surface area contributed by atoms with Gasteiger partial charge in [0.15, 0.2) is 5.60 Å². The van der Waals surface area contributed by atoms with Gasteiger partial charge in [-0.1, -0.05) is 42.5 Å². The summed E-state index contributed by atoms with van der Waals surface area (Å²) in [4.78, 5) is 7.45. The maximum atomic E-state index is 10.0. The van der Waals surface area contributed by atoms with Crippen molar-refractivity contribution >= 4 is 62.2 Å². The molecule has 4 aromatic heterocycles. The Kier molecular flexibility index (Phi) is 5.97. The molecular formula is C35H22O2S4. The summed E-state index contributed by atoms with van der Waals surface area (Å²) in [6, 6.07) is 35.6. The lowest BCUT2D eigenvalue weighted by molar-refractivity contribution is 0.165. The predicted octanol–water partition coefficient (Wildman–Crippen LogP) is 11.1. The van der Waals surface area contributed by atoms with Gasteiger partial charge in [-0.2, -0.15) is 0 Å². The molecule has 0 aliphatic carbocycles. The number of phenols is 1. The molecule has 0 radical (unpaired) electrons. The second kappa shape index (κ2) is 9.86. The van der Waals surface area contributed by atoms with Crippen LogP contribution in [0.4, 0.5) is 0 Å². The van der Waals surface area contributed by atoms with Crippen molar-refractivity contribution in [3.8, 4) is 41.4 Å². The number of benzene rings is 3. The summed E-state index contributed by atoms with van der Waals surface area (Å²) in [5, 5.41) is 16.6. The number of fused-ring (bicyclic) bond motifs is 3. The van der Waals surface area contributed by atoms with Crippen LogP contribution in [0.15, 0.2) is 120 Å². The molecule has 1 unspecified atom stereocenters. The molecule has 0 fully saturated rings. The molecule has 5 heterocycles. The number of rotatable bonds is 5. The predicted molar refractivity (Wildman–Crippen MR) is 177 cm³/mol. The van der Waals surface area contributed by atoms with Crippen LogP contribution >= 0.6 is 45.3 Å². The summed E-state index contributed by atoms with van der Waals surface area (Å²) in [5.74, 6) is 1.09. The zero-order valence-corrected chi connectivity index (χ0v) is 24.9. The molecule has 8 rings (SSSR count). The first-order valence-electron chi connectivity index (χ1n) is 13.2. The monoisotopic (exact) mass is 602 g/mol. The van der Waals surface area contributed by atoms with E-state index in [1.54, 1.807) is 46.1 Å². The van der Waals surface area contributed by atoms with E-state index in [-0.39, 0.29) is 5.75 Å². The van der Waals surface area contributed by atoms with E-state index in [9.17, 15) is 5.11 Å². The number of hydrogen-bond donors (Lipinski definition) is 1. The van der Waals surface area contributed by atoms with Gasteiger partial charge >= 0.3 is 0 Å². The normalized spacial score (nSPS) is 16.1. The second-order valence-electron chi connectivity index (χ2n) is 9.91. The fourth-order valence-corrected chi connectivity index (χ4v) is 9.24. The second-order valence-corrected chi connectivity index (χ2v) is 14.0. The Bertz CT molecular complexity index is 2030. The highest BCUT2D eigenvalue weighted by Crippen LogP contribution is 2.48. The van der Waals surface area contributed by atoms with Crippen LogP contribution in [0.25, 0.3) is 46.8 Å². The van der Waals surface area contributed by atoms with Crippen molar-refractivity contribution in [2.24, 2.45) is 0 Å². The SMILES string of the molecule is Oc1ccc(C2(c3ccc(-c4cccs4)s3)C=Cc3c(ccc4cc(-c5ccc(-c6cccs6)s5)ccc34)O2)cc1. The molecule has 0 amide bonds. The highest BCUT2D eigenvalue weighted by atomic mass is 32.1. The molecule has 1 N–H and O–H groups in total. The molecule has 0 saturated carbocycles. The van der Waals surface area contributed by atoms with Crippen molar-refractivity contribution < 1.29 is 9.84 Å². The van der Waals surface area contributed by atoms with Crippen LogP contribution in [0.2, 0.25) is 0 Å². The number of hydrogen-bond acceptors (Lipinski definition) is 6. The Labute approximate surface area is 253 Å². The number of ether oxygens (including phenoxy) is 1. The van der Waals surface area contributed by atoms with Gasteiger partial charge in [-0.3, -0.25) is 0 Å². The van der Waals surface area contributed by atoms with E-state index in [0.29, 0.717) is 0 Å². The van der Waals surface area contributed by atoms with Crippen molar-refractivity contribution in [1.82, 2.24) is 0 Å². The highest BCUT2D eigenvalue weighted by Gasteiger charge is 2.39. The van der Waals surface area contributed by atoms with Gasteiger partial charge < -0.3 is 9.84 Å². The maximum absolute atomic E-state index is 10.0. The Balaban J connectivity index is 1.20. The smallest absolute Gasteiger partial charge is 0.187 e. The van der Waals surface area contributed by atoms with Gasteiger partial charge in [0.05, 0.1) is 4.88 Å². The maximum Gasteiger partial charge on any atom is 0.187 e. The molecule has 1 aliphatic rings. The molecule has 7 aromatic rings. The van der Waals surface area contributed by atoms with Gasteiger partial charge in [-0.05, 0) is 99.9 Å². The third kappa shape index (κ3) is 4.26. The topological polar surface area (TPSA) is 29.5 Å². The van der Waals surface area contributed by atoms with Crippen molar-refractivity contribution in [3.63, 3.8) is 0 Å². The van der Waals surface area contributed by atoms with E-state index in [0.717, 1.165) is 21.8 Å². The van der Waals surface area contributed by atoms with E-state index in [2.05, 4.69) is 102 Å². The number of thiophene rings is 4. The molecule has 6 heteroatoms. The lowest BCUT2D eigenvalue weighted by Crippen LogP contribution is -2.33. The summed E-state index contributed by atoms with van der Waals surface area (Å²) >= 11 is 7.10. The van der Waals surface area contributed by atoms with E-state index in [1.807, 2.05) is 23.5 Å². The van der Waals surface area contributed by atoms with Crippen molar-refractivity contribution in [1.29, 1.82) is 0 Å². The standard InChI is InChI=1S/C35H22O2S4/c36-25-9-7-24(8-10-25)35(34-16-15-33(41-34)31-4-2-20-39-31)18-17-27-26-11-5-23(21-22(26)6-12-28(27)37-35)29-13-14-32(40-29)30-3-1-19-38-30/h1-21,36H. The van der Waals surface area contributed by atoms with Gasteiger partial charge in [0.2, 0.25) is 0 Å². The number of phenolic OH excluding ortho intramolecular Hbond substituents is 1. The van der Waals surface area contributed by atoms with Gasteiger partial charge in [-0.25, -0.2) is 0 Å². The molecule has 198 valence electrons. The molecule has 0 saturated heterocycles. The Morgan fingerprint density at radius 2 is 1.37 bits per heavy atom. The molecule has 0 spiro atoms.